The van der Waals surface area contributed by atoms with Crippen LogP contribution in [0.4, 0.5) is 0 Å². The van der Waals surface area contributed by atoms with Gasteiger partial charge in [-0.05, 0) is 41.7 Å². The van der Waals surface area contributed by atoms with Crippen molar-refractivity contribution in [3.05, 3.63) is 65.2 Å². The minimum Gasteiger partial charge on any atom is -0.504 e. The molecule has 3 aromatic rings. The van der Waals surface area contributed by atoms with Gasteiger partial charge < -0.3 is 33.5 Å². The highest BCUT2D eigenvalue weighted by atomic mass is 16.7. The molecule has 1 N–H and O–H groups in total. The molecule has 1 heterocycles. The van der Waals surface area contributed by atoms with Gasteiger partial charge in [0, 0.05) is 28.7 Å². The van der Waals surface area contributed by atoms with E-state index in [9.17, 15) is 9.90 Å². The number of phenolic OH excluding ortho intramolecular Hbond substituents is 1. The topological polar surface area (TPSA) is 92.7 Å². The first kappa shape index (κ1) is 26.3. The van der Waals surface area contributed by atoms with E-state index in [4.69, 9.17) is 28.4 Å². The number of hydrogen-bond donors (Lipinski definition) is 1. The zero-order chi connectivity index (χ0) is 27.7. The first-order chi connectivity index (χ1) is 18.9. The third-order valence-corrected chi connectivity index (χ3v) is 7.49. The van der Waals surface area contributed by atoms with Crippen LogP contribution in [0.5, 0.6) is 34.5 Å². The van der Waals surface area contributed by atoms with Gasteiger partial charge in [0.2, 0.25) is 18.3 Å². The molecule has 8 heteroatoms. The quantitative estimate of drug-likeness (QED) is 0.308. The van der Waals surface area contributed by atoms with Crippen molar-refractivity contribution in [3.63, 3.8) is 0 Å². The van der Waals surface area contributed by atoms with Crippen molar-refractivity contribution in [1.29, 1.82) is 0 Å². The average molecular weight is 533 g/mol. The van der Waals surface area contributed by atoms with Gasteiger partial charge in [-0.25, -0.2) is 4.79 Å². The summed E-state index contributed by atoms with van der Waals surface area (Å²) in [5, 5.41) is 11.0. The van der Waals surface area contributed by atoms with Crippen molar-refractivity contribution >= 4 is 12.0 Å². The maximum atomic E-state index is 13.1. The van der Waals surface area contributed by atoms with Crippen LogP contribution in [0.3, 0.4) is 0 Å². The maximum Gasteiger partial charge on any atom is 0.331 e. The lowest BCUT2D eigenvalue weighted by molar-refractivity contribution is -0.146. The van der Waals surface area contributed by atoms with Crippen LogP contribution in [0.2, 0.25) is 0 Å². The van der Waals surface area contributed by atoms with Crippen LogP contribution in [0.15, 0.2) is 48.5 Å². The van der Waals surface area contributed by atoms with Crippen molar-refractivity contribution in [1.82, 2.24) is 0 Å². The minimum absolute atomic E-state index is 0.0770. The molecule has 2 aliphatic rings. The Hall–Kier alpha value is -4.33. The number of hydrogen-bond acceptors (Lipinski definition) is 8. The van der Waals surface area contributed by atoms with Crippen LogP contribution in [-0.2, 0) is 16.0 Å². The number of benzene rings is 3. The van der Waals surface area contributed by atoms with E-state index in [1.165, 1.54) is 20.3 Å². The lowest BCUT2D eigenvalue weighted by Crippen LogP contribution is -2.26. The van der Waals surface area contributed by atoms with Gasteiger partial charge in [-0.15, -0.1) is 0 Å². The summed E-state index contributed by atoms with van der Waals surface area (Å²) in [5.41, 5.74) is 3.72. The minimum atomic E-state index is -0.711. The molecule has 3 aromatic carbocycles. The van der Waals surface area contributed by atoms with Crippen molar-refractivity contribution in [3.8, 4) is 45.6 Å². The molecule has 0 radical (unpaired) electrons. The molecule has 0 aromatic heterocycles. The second kappa shape index (κ2) is 10.8. The first-order valence-electron chi connectivity index (χ1n) is 12.8. The summed E-state index contributed by atoms with van der Waals surface area (Å²) < 4.78 is 34.9. The van der Waals surface area contributed by atoms with Gasteiger partial charge >= 0.3 is 5.97 Å². The van der Waals surface area contributed by atoms with Gasteiger partial charge in [-0.2, -0.15) is 0 Å². The SMILES string of the molecule is COc1c(O)cc2c(c1OC)-c1c(cc3c(c1OC)OCO3)C[C@H](C)[C@H](C)[C@H]2OC(=O)C=Cc1ccccc1. The van der Waals surface area contributed by atoms with Crippen LogP contribution < -0.4 is 23.7 Å². The molecule has 0 saturated carbocycles. The van der Waals surface area contributed by atoms with E-state index in [0.717, 1.165) is 11.1 Å². The smallest absolute Gasteiger partial charge is 0.331 e. The summed E-state index contributed by atoms with van der Waals surface area (Å²) in [4.78, 5) is 13.1. The molecule has 39 heavy (non-hydrogen) atoms. The van der Waals surface area contributed by atoms with Crippen LogP contribution >= 0.6 is 0 Å². The standard InChI is InChI=1S/C31H32O8/c1-17-13-20-14-23-29(38-16-37-23)30(35-4)25(20)26-21(15-22(32)28(34-3)31(26)36-5)27(18(17)2)39-24(33)12-11-19-9-7-6-8-10-19/h6-12,14-15,17-18,27,32H,13,16H2,1-5H3/t17-,18-,27+/m0/s1. The zero-order valence-electron chi connectivity index (χ0n) is 22.6. The number of fused-ring (bicyclic) bond motifs is 4. The Morgan fingerprint density at radius 1 is 0.949 bits per heavy atom. The Labute approximate surface area is 227 Å². The Morgan fingerprint density at radius 2 is 1.67 bits per heavy atom. The number of rotatable bonds is 6. The van der Waals surface area contributed by atoms with Gasteiger partial charge in [-0.1, -0.05) is 44.2 Å². The molecule has 204 valence electrons. The highest BCUT2D eigenvalue weighted by Gasteiger charge is 2.39. The molecular weight excluding hydrogens is 500 g/mol. The number of esters is 1. The summed E-state index contributed by atoms with van der Waals surface area (Å²) in [6, 6.07) is 13.1. The first-order valence-corrected chi connectivity index (χ1v) is 12.8. The summed E-state index contributed by atoms with van der Waals surface area (Å²) in [6.07, 6.45) is 3.06. The lowest BCUT2D eigenvalue weighted by Gasteiger charge is -2.35. The number of carbonyl (C=O) groups is 1. The van der Waals surface area contributed by atoms with Gasteiger partial charge in [0.1, 0.15) is 6.10 Å². The fourth-order valence-electron chi connectivity index (χ4n) is 5.39. The van der Waals surface area contributed by atoms with E-state index in [1.807, 2.05) is 43.3 Å². The van der Waals surface area contributed by atoms with E-state index in [0.29, 0.717) is 46.1 Å². The average Bonchev–Trinajstić information content (AvgIpc) is 3.41. The molecule has 3 atom stereocenters. The molecule has 8 nitrogen and oxygen atoms in total. The Morgan fingerprint density at radius 3 is 2.36 bits per heavy atom. The molecule has 0 unspecified atom stereocenters. The Bertz CT molecular complexity index is 1410. The number of methoxy groups -OCH3 is 3. The summed E-state index contributed by atoms with van der Waals surface area (Å²) in [7, 11) is 4.53. The predicted octanol–water partition coefficient (Wildman–Crippen LogP) is 5.94. The highest BCUT2D eigenvalue weighted by Crippen LogP contribution is 2.58. The Kier molecular flexibility index (Phi) is 7.28. The molecule has 1 aliphatic heterocycles. The van der Waals surface area contributed by atoms with Crippen LogP contribution in [-0.4, -0.2) is 39.2 Å². The molecule has 0 fully saturated rings. The van der Waals surface area contributed by atoms with E-state index in [-0.39, 0.29) is 30.1 Å². The third-order valence-electron chi connectivity index (χ3n) is 7.49. The normalized spacial score (nSPS) is 19.5. The van der Waals surface area contributed by atoms with Crippen molar-refractivity contribution < 1.29 is 38.3 Å². The number of carbonyl (C=O) groups excluding carboxylic acids is 1. The second-order valence-electron chi connectivity index (χ2n) is 9.75. The maximum absolute atomic E-state index is 13.1. The molecule has 0 spiro atoms. The molecule has 1 aliphatic carbocycles. The molecule has 5 rings (SSSR count). The van der Waals surface area contributed by atoms with E-state index < -0.39 is 12.1 Å². The fourth-order valence-corrected chi connectivity index (χ4v) is 5.39. The van der Waals surface area contributed by atoms with Crippen molar-refractivity contribution in [2.75, 3.05) is 28.1 Å². The summed E-state index contributed by atoms with van der Waals surface area (Å²) in [6.45, 7) is 4.23. The van der Waals surface area contributed by atoms with Gasteiger partial charge in [0.25, 0.3) is 0 Å². The molecular formula is C31H32O8. The molecule has 0 bridgehead atoms. The van der Waals surface area contributed by atoms with Crippen LogP contribution in [0.25, 0.3) is 17.2 Å². The summed E-state index contributed by atoms with van der Waals surface area (Å²) >= 11 is 0. The molecule has 0 saturated heterocycles. The molecule has 0 amide bonds. The van der Waals surface area contributed by atoms with Crippen molar-refractivity contribution in [2.24, 2.45) is 11.8 Å². The number of aromatic hydroxyl groups is 1. The lowest BCUT2D eigenvalue weighted by atomic mass is 9.76. The zero-order valence-corrected chi connectivity index (χ0v) is 22.6. The Balaban J connectivity index is 1.72. The van der Waals surface area contributed by atoms with E-state index in [1.54, 1.807) is 19.3 Å². The largest absolute Gasteiger partial charge is 0.504 e. The number of phenols is 1. The van der Waals surface area contributed by atoms with Gasteiger partial charge in [0.05, 0.1) is 21.3 Å². The summed E-state index contributed by atoms with van der Waals surface area (Å²) in [5.74, 6) is 1.35. The fraction of sp³-hybridized carbons (Fsp3) is 0.323. The van der Waals surface area contributed by atoms with Crippen molar-refractivity contribution in [2.45, 2.75) is 26.4 Å². The predicted molar refractivity (Wildman–Crippen MR) is 146 cm³/mol. The highest BCUT2D eigenvalue weighted by molar-refractivity contribution is 5.90. The van der Waals surface area contributed by atoms with Crippen LogP contribution in [0, 0.1) is 11.8 Å². The third kappa shape index (κ3) is 4.71. The monoisotopic (exact) mass is 532 g/mol. The second-order valence-corrected chi connectivity index (χ2v) is 9.75. The van der Waals surface area contributed by atoms with E-state index in [2.05, 4.69) is 6.92 Å². The van der Waals surface area contributed by atoms with Gasteiger partial charge in [-0.3, -0.25) is 0 Å². The van der Waals surface area contributed by atoms with E-state index >= 15 is 0 Å². The van der Waals surface area contributed by atoms with Gasteiger partial charge in [0.15, 0.2) is 23.0 Å². The number of ether oxygens (including phenoxy) is 6. The van der Waals surface area contributed by atoms with Crippen LogP contribution in [0.1, 0.15) is 36.6 Å².